The van der Waals surface area contributed by atoms with Crippen molar-refractivity contribution in [3.8, 4) is 22.8 Å². The maximum absolute atomic E-state index is 11.4. The van der Waals surface area contributed by atoms with Crippen molar-refractivity contribution in [3.63, 3.8) is 0 Å². The third kappa shape index (κ3) is 1.51. The second-order valence-electron chi connectivity index (χ2n) is 4.27. The molecule has 5 heteroatoms. The van der Waals surface area contributed by atoms with Crippen molar-refractivity contribution < 1.29 is 9.47 Å². The zero-order valence-corrected chi connectivity index (χ0v) is 10.3. The van der Waals surface area contributed by atoms with Crippen molar-refractivity contribution in [2.45, 2.75) is 13.0 Å². The first-order valence-corrected chi connectivity index (χ1v) is 5.78. The fourth-order valence-corrected chi connectivity index (χ4v) is 2.43. The molecule has 2 heterocycles. The number of aromatic amines is 1. The van der Waals surface area contributed by atoms with Crippen LogP contribution in [-0.4, -0.2) is 24.0 Å². The number of ether oxygens (including phenoxy) is 2. The van der Waals surface area contributed by atoms with E-state index in [4.69, 9.17) is 9.47 Å². The number of H-pyrrole nitrogens is 1. The van der Waals surface area contributed by atoms with Crippen LogP contribution in [-0.2, 0) is 13.0 Å². The predicted octanol–water partition coefficient (Wildman–Crippen LogP) is 1.42. The number of rotatable bonds is 2. The fraction of sp³-hybridized carbons (Fsp3) is 0.308. The number of nitrogens with one attached hydrogen (secondary N) is 1. The average Bonchev–Trinajstić information content (AvgIpc) is 2.77. The monoisotopic (exact) mass is 246 g/mol. The van der Waals surface area contributed by atoms with Gasteiger partial charge in [-0.15, -0.1) is 0 Å². The number of methoxy groups -OCH3 is 2. The van der Waals surface area contributed by atoms with Gasteiger partial charge >= 0.3 is 0 Å². The van der Waals surface area contributed by atoms with E-state index in [1.54, 1.807) is 20.3 Å². The normalized spacial score (nSPS) is 12.8. The van der Waals surface area contributed by atoms with Crippen LogP contribution in [0.25, 0.3) is 11.3 Å². The van der Waals surface area contributed by atoms with Gasteiger partial charge < -0.3 is 9.47 Å². The number of benzene rings is 1. The van der Waals surface area contributed by atoms with Gasteiger partial charge in [-0.25, -0.2) is 0 Å². The predicted molar refractivity (Wildman–Crippen MR) is 67.3 cm³/mol. The quantitative estimate of drug-likeness (QED) is 0.871. The standard InChI is InChI=1S/C13H14N2O3/c1-17-11-5-8-3-4-15-10(7-13(16)14-15)9(8)6-12(11)18-2/h5-7H,3-4H2,1-2H3,(H,14,16). The van der Waals surface area contributed by atoms with Gasteiger partial charge in [0.25, 0.3) is 5.56 Å². The van der Waals surface area contributed by atoms with E-state index in [0.29, 0.717) is 5.75 Å². The number of hydrogen-bond donors (Lipinski definition) is 1. The van der Waals surface area contributed by atoms with E-state index in [0.717, 1.165) is 30.0 Å². The largest absolute Gasteiger partial charge is 0.493 e. The van der Waals surface area contributed by atoms with Crippen molar-refractivity contribution >= 4 is 0 Å². The van der Waals surface area contributed by atoms with Crippen molar-refractivity contribution in [1.82, 2.24) is 9.78 Å². The highest BCUT2D eigenvalue weighted by atomic mass is 16.5. The Kier molecular flexibility index (Phi) is 2.40. The Hall–Kier alpha value is -2.17. The van der Waals surface area contributed by atoms with Crippen LogP contribution >= 0.6 is 0 Å². The summed E-state index contributed by atoms with van der Waals surface area (Å²) in [6.45, 7) is 0.778. The molecular weight excluding hydrogens is 232 g/mol. The number of hydrogen-bond acceptors (Lipinski definition) is 3. The summed E-state index contributed by atoms with van der Waals surface area (Å²) in [5, 5.41) is 2.79. The lowest BCUT2D eigenvalue weighted by atomic mass is 9.98. The molecule has 0 saturated carbocycles. The fourth-order valence-electron chi connectivity index (χ4n) is 2.43. The molecule has 1 aromatic carbocycles. The summed E-state index contributed by atoms with van der Waals surface area (Å²) in [7, 11) is 3.23. The summed E-state index contributed by atoms with van der Waals surface area (Å²) in [4.78, 5) is 11.4. The smallest absolute Gasteiger partial charge is 0.264 e. The van der Waals surface area contributed by atoms with Crippen LogP contribution in [0.5, 0.6) is 11.5 Å². The lowest BCUT2D eigenvalue weighted by Gasteiger charge is -2.20. The minimum absolute atomic E-state index is 0.0763. The molecule has 0 bridgehead atoms. The third-order valence-corrected chi connectivity index (χ3v) is 3.29. The van der Waals surface area contributed by atoms with E-state index in [-0.39, 0.29) is 5.56 Å². The highest BCUT2D eigenvalue weighted by molar-refractivity contribution is 5.69. The molecule has 0 atom stereocenters. The van der Waals surface area contributed by atoms with E-state index < -0.39 is 0 Å². The minimum atomic E-state index is -0.0763. The van der Waals surface area contributed by atoms with Crippen LogP contribution in [0.15, 0.2) is 23.0 Å². The topological polar surface area (TPSA) is 56.2 Å². The van der Waals surface area contributed by atoms with Crippen LogP contribution in [0.3, 0.4) is 0 Å². The van der Waals surface area contributed by atoms with Gasteiger partial charge in [0.15, 0.2) is 11.5 Å². The molecule has 0 spiro atoms. The third-order valence-electron chi connectivity index (χ3n) is 3.29. The Balaban J connectivity index is 2.23. The van der Waals surface area contributed by atoms with Gasteiger partial charge in [0, 0.05) is 18.2 Å². The van der Waals surface area contributed by atoms with Gasteiger partial charge in [-0.05, 0) is 24.1 Å². The van der Waals surface area contributed by atoms with Gasteiger partial charge in [0.1, 0.15) is 0 Å². The molecule has 2 aromatic rings. The van der Waals surface area contributed by atoms with Crippen molar-refractivity contribution in [2.75, 3.05) is 14.2 Å². The lowest BCUT2D eigenvalue weighted by Crippen LogP contribution is -2.13. The number of aryl methyl sites for hydroxylation is 2. The van der Waals surface area contributed by atoms with Gasteiger partial charge in [0.2, 0.25) is 0 Å². The molecule has 0 fully saturated rings. The van der Waals surface area contributed by atoms with E-state index in [1.807, 2.05) is 16.8 Å². The molecule has 1 aromatic heterocycles. The van der Waals surface area contributed by atoms with Crippen LogP contribution in [0, 0.1) is 0 Å². The molecule has 5 nitrogen and oxygen atoms in total. The molecule has 0 saturated heterocycles. The van der Waals surface area contributed by atoms with E-state index in [9.17, 15) is 4.79 Å². The van der Waals surface area contributed by atoms with Crippen LogP contribution in [0.1, 0.15) is 5.56 Å². The SMILES string of the molecule is COc1cc2c(cc1OC)-c1cc(=O)[nH]n1CC2. The summed E-state index contributed by atoms with van der Waals surface area (Å²) in [5.41, 5.74) is 3.03. The molecule has 94 valence electrons. The zero-order chi connectivity index (χ0) is 12.7. The maximum Gasteiger partial charge on any atom is 0.264 e. The molecular formula is C13H14N2O3. The minimum Gasteiger partial charge on any atom is -0.493 e. The maximum atomic E-state index is 11.4. The molecule has 0 aliphatic carbocycles. The molecule has 18 heavy (non-hydrogen) atoms. The van der Waals surface area contributed by atoms with Gasteiger partial charge in [-0.1, -0.05) is 0 Å². The summed E-state index contributed by atoms with van der Waals surface area (Å²) < 4.78 is 12.5. The first-order valence-electron chi connectivity index (χ1n) is 5.78. The van der Waals surface area contributed by atoms with Crippen LogP contribution in [0.2, 0.25) is 0 Å². The van der Waals surface area contributed by atoms with Gasteiger partial charge in [0.05, 0.1) is 19.9 Å². The molecule has 1 aliphatic heterocycles. The van der Waals surface area contributed by atoms with Crippen LogP contribution in [0.4, 0.5) is 0 Å². The van der Waals surface area contributed by atoms with Gasteiger partial charge in [-0.3, -0.25) is 14.6 Å². The number of aromatic nitrogens is 2. The zero-order valence-electron chi connectivity index (χ0n) is 10.3. The molecule has 0 unspecified atom stereocenters. The second-order valence-corrected chi connectivity index (χ2v) is 4.27. The Morgan fingerprint density at radius 1 is 1.17 bits per heavy atom. The Bertz CT molecular complexity index is 655. The first-order chi connectivity index (χ1) is 8.72. The highest BCUT2D eigenvalue weighted by Gasteiger charge is 2.20. The average molecular weight is 246 g/mol. The first kappa shape index (κ1) is 11.0. The summed E-state index contributed by atoms with van der Waals surface area (Å²) in [6.07, 6.45) is 0.868. The van der Waals surface area contributed by atoms with Crippen LogP contribution < -0.4 is 15.0 Å². The second kappa shape index (κ2) is 3.94. The summed E-state index contributed by atoms with van der Waals surface area (Å²) in [5.74, 6) is 1.40. The molecule has 0 radical (unpaired) electrons. The van der Waals surface area contributed by atoms with Crippen molar-refractivity contribution in [1.29, 1.82) is 0 Å². The van der Waals surface area contributed by atoms with Gasteiger partial charge in [-0.2, -0.15) is 0 Å². The molecule has 1 aliphatic rings. The van der Waals surface area contributed by atoms with E-state index in [1.165, 1.54) is 5.56 Å². The Morgan fingerprint density at radius 2 is 1.89 bits per heavy atom. The van der Waals surface area contributed by atoms with Crippen molar-refractivity contribution in [3.05, 3.63) is 34.1 Å². The highest BCUT2D eigenvalue weighted by Crippen LogP contribution is 2.37. The molecule has 0 amide bonds. The van der Waals surface area contributed by atoms with E-state index in [2.05, 4.69) is 5.10 Å². The number of nitrogens with zero attached hydrogens (tertiary/aromatic N) is 1. The summed E-state index contributed by atoms with van der Waals surface area (Å²) in [6, 6.07) is 5.52. The van der Waals surface area contributed by atoms with E-state index >= 15 is 0 Å². The summed E-state index contributed by atoms with van der Waals surface area (Å²) >= 11 is 0. The Labute approximate surface area is 104 Å². The number of fused-ring (bicyclic) bond motifs is 3. The van der Waals surface area contributed by atoms with Crippen molar-refractivity contribution in [2.24, 2.45) is 0 Å². The molecule has 3 rings (SSSR count). The Morgan fingerprint density at radius 3 is 2.61 bits per heavy atom. The molecule has 1 N–H and O–H groups in total. The lowest BCUT2D eigenvalue weighted by molar-refractivity contribution is 0.354.